The van der Waals surface area contributed by atoms with Gasteiger partial charge in [-0.1, -0.05) is 13.8 Å². The van der Waals surface area contributed by atoms with Gasteiger partial charge in [0.2, 0.25) is 0 Å². The molecule has 0 bridgehead atoms. The predicted molar refractivity (Wildman–Crippen MR) is 79.1 cm³/mol. The highest BCUT2D eigenvalue weighted by Gasteiger charge is 2.25. The number of carbonyl (C=O) groups excluding carboxylic acids is 1. The Bertz CT molecular complexity index is 655. The number of hydrogen-bond acceptors (Lipinski definition) is 3. The van der Waals surface area contributed by atoms with Crippen molar-refractivity contribution in [3.8, 4) is 0 Å². The molecule has 0 aromatic carbocycles. The van der Waals surface area contributed by atoms with Crippen molar-refractivity contribution >= 4 is 5.91 Å². The SMILES string of the molecule is CC(C)c1nnc2n1CC(NC(=O)c1cccn1C)CC2. The van der Waals surface area contributed by atoms with E-state index in [4.69, 9.17) is 0 Å². The first-order chi connectivity index (χ1) is 10.1. The lowest BCUT2D eigenvalue weighted by molar-refractivity contribution is 0.0919. The summed E-state index contributed by atoms with van der Waals surface area (Å²) < 4.78 is 3.99. The molecule has 6 heteroatoms. The predicted octanol–water partition coefficient (Wildman–Crippen LogP) is 1.48. The molecule has 1 unspecified atom stereocenters. The highest BCUT2D eigenvalue weighted by molar-refractivity contribution is 5.92. The van der Waals surface area contributed by atoms with Gasteiger partial charge in [0.25, 0.3) is 5.91 Å². The van der Waals surface area contributed by atoms with Gasteiger partial charge >= 0.3 is 0 Å². The third-order valence-electron chi connectivity index (χ3n) is 4.00. The topological polar surface area (TPSA) is 64.7 Å². The normalized spacial score (nSPS) is 17.8. The average Bonchev–Trinajstić information content (AvgIpc) is 3.04. The molecule has 6 nitrogen and oxygen atoms in total. The zero-order valence-electron chi connectivity index (χ0n) is 12.7. The van der Waals surface area contributed by atoms with Gasteiger partial charge in [-0.15, -0.1) is 10.2 Å². The van der Waals surface area contributed by atoms with Crippen molar-refractivity contribution in [1.82, 2.24) is 24.6 Å². The van der Waals surface area contributed by atoms with E-state index in [1.54, 1.807) is 0 Å². The van der Waals surface area contributed by atoms with Crippen LogP contribution >= 0.6 is 0 Å². The summed E-state index contributed by atoms with van der Waals surface area (Å²) in [6.45, 7) is 4.99. The third-order valence-corrected chi connectivity index (χ3v) is 4.00. The Kier molecular flexibility index (Phi) is 3.53. The molecular formula is C15H21N5O. The Labute approximate surface area is 124 Å². The monoisotopic (exact) mass is 287 g/mol. The van der Waals surface area contributed by atoms with Gasteiger partial charge in [-0.25, -0.2) is 0 Å². The Morgan fingerprint density at radius 1 is 1.43 bits per heavy atom. The van der Waals surface area contributed by atoms with Crippen LogP contribution in [0.1, 0.15) is 48.3 Å². The number of aryl methyl sites for hydroxylation is 2. The first kappa shape index (κ1) is 13.9. The van der Waals surface area contributed by atoms with Crippen LogP contribution in [0, 0.1) is 0 Å². The maximum atomic E-state index is 12.3. The molecule has 2 aromatic rings. The van der Waals surface area contributed by atoms with Crippen LogP contribution < -0.4 is 5.32 Å². The molecule has 0 radical (unpaired) electrons. The van der Waals surface area contributed by atoms with Crippen LogP contribution in [0.25, 0.3) is 0 Å². The summed E-state index contributed by atoms with van der Waals surface area (Å²) in [5, 5.41) is 11.6. The second-order valence-corrected chi connectivity index (χ2v) is 5.95. The van der Waals surface area contributed by atoms with Crippen LogP contribution in [0.15, 0.2) is 18.3 Å². The largest absolute Gasteiger partial charge is 0.347 e. The number of nitrogens with zero attached hydrogens (tertiary/aromatic N) is 4. The summed E-state index contributed by atoms with van der Waals surface area (Å²) in [4.78, 5) is 12.3. The van der Waals surface area contributed by atoms with Gasteiger partial charge < -0.3 is 14.5 Å². The summed E-state index contributed by atoms with van der Waals surface area (Å²) in [5.41, 5.74) is 0.689. The molecule has 1 aliphatic heterocycles. The van der Waals surface area contributed by atoms with Crippen LogP contribution in [0.2, 0.25) is 0 Å². The zero-order chi connectivity index (χ0) is 15.0. The van der Waals surface area contributed by atoms with E-state index < -0.39 is 0 Å². The van der Waals surface area contributed by atoms with Crippen molar-refractivity contribution in [2.24, 2.45) is 7.05 Å². The van der Waals surface area contributed by atoms with E-state index in [2.05, 4.69) is 33.9 Å². The lowest BCUT2D eigenvalue weighted by Crippen LogP contribution is -2.42. The fourth-order valence-electron chi connectivity index (χ4n) is 2.85. The number of amides is 1. The summed E-state index contributed by atoms with van der Waals surface area (Å²) >= 11 is 0. The molecule has 0 saturated heterocycles. The van der Waals surface area contributed by atoms with E-state index in [0.29, 0.717) is 11.6 Å². The second kappa shape index (κ2) is 5.35. The maximum Gasteiger partial charge on any atom is 0.268 e. The highest BCUT2D eigenvalue weighted by Crippen LogP contribution is 2.20. The standard InChI is InChI=1S/C15H21N5O/c1-10(2)14-18-17-13-7-6-11(9-20(13)14)16-15(21)12-5-4-8-19(12)3/h4-5,8,10-11H,6-7,9H2,1-3H3,(H,16,21). The molecule has 3 rings (SSSR count). The van der Waals surface area contributed by atoms with Crippen LogP contribution in [0.4, 0.5) is 0 Å². The fourth-order valence-corrected chi connectivity index (χ4v) is 2.85. The number of hydrogen-bond donors (Lipinski definition) is 1. The quantitative estimate of drug-likeness (QED) is 0.930. The number of rotatable bonds is 3. The molecule has 0 saturated carbocycles. The van der Waals surface area contributed by atoms with Gasteiger partial charge in [-0.3, -0.25) is 4.79 Å². The third kappa shape index (κ3) is 2.57. The van der Waals surface area contributed by atoms with Crippen LogP contribution in [0.3, 0.4) is 0 Å². The van der Waals surface area contributed by atoms with Crippen LogP contribution in [0.5, 0.6) is 0 Å². The summed E-state index contributed by atoms with van der Waals surface area (Å²) in [6.07, 6.45) is 3.65. The van der Waals surface area contributed by atoms with E-state index in [1.807, 2.05) is 29.9 Å². The molecule has 112 valence electrons. The van der Waals surface area contributed by atoms with E-state index >= 15 is 0 Å². The minimum atomic E-state index is -0.0184. The van der Waals surface area contributed by atoms with Crippen molar-refractivity contribution in [2.75, 3.05) is 0 Å². The molecule has 3 heterocycles. The first-order valence-electron chi connectivity index (χ1n) is 7.40. The highest BCUT2D eigenvalue weighted by atomic mass is 16.2. The molecule has 1 aliphatic rings. The van der Waals surface area contributed by atoms with Gasteiger partial charge in [-0.05, 0) is 18.6 Å². The molecule has 0 fully saturated rings. The molecule has 1 N–H and O–H groups in total. The van der Waals surface area contributed by atoms with Crippen molar-refractivity contribution in [3.63, 3.8) is 0 Å². The molecule has 1 amide bonds. The Morgan fingerprint density at radius 2 is 2.24 bits per heavy atom. The summed E-state index contributed by atoms with van der Waals surface area (Å²) in [6, 6.07) is 3.85. The van der Waals surface area contributed by atoms with E-state index in [9.17, 15) is 4.79 Å². The van der Waals surface area contributed by atoms with Gasteiger partial charge in [0.1, 0.15) is 17.3 Å². The fraction of sp³-hybridized carbons (Fsp3) is 0.533. The second-order valence-electron chi connectivity index (χ2n) is 5.95. The Balaban J connectivity index is 1.73. The minimum Gasteiger partial charge on any atom is -0.347 e. The molecule has 21 heavy (non-hydrogen) atoms. The van der Waals surface area contributed by atoms with E-state index in [0.717, 1.165) is 31.0 Å². The van der Waals surface area contributed by atoms with Gasteiger partial charge in [0.05, 0.1) is 0 Å². The number of carbonyl (C=O) groups is 1. The van der Waals surface area contributed by atoms with Crippen LogP contribution in [-0.2, 0) is 20.0 Å². The molecule has 1 atom stereocenters. The average molecular weight is 287 g/mol. The lowest BCUT2D eigenvalue weighted by Gasteiger charge is -2.26. The van der Waals surface area contributed by atoms with Crippen molar-refractivity contribution in [2.45, 2.75) is 45.2 Å². The molecule has 2 aromatic heterocycles. The Hall–Kier alpha value is -2.11. The number of aromatic nitrogens is 4. The Morgan fingerprint density at radius 3 is 2.90 bits per heavy atom. The van der Waals surface area contributed by atoms with Gasteiger partial charge in [0.15, 0.2) is 0 Å². The van der Waals surface area contributed by atoms with Crippen molar-refractivity contribution < 1.29 is 4.79 Å². The molecular weight excluding hydrogens is 266 g/mol. The molecule has 0 aliphatic carbocycles. The number of nitrogens with one attached hydrogen (secondary N) is 1. The van der Waals surface area contributed by atoms with Gasteiger partial charge in [-0.2, -0.15) is 0 Å². The van der Waals surface area contributed by atoms with E-state index in [-0.39, 0.29) is 11.9 Å². The first-order valence-corrected chi connectivity index (χ1v) is 7.40. The smallest absolute Gasteiger partial charge is 0.268 e. The van der Waals surface area contributed by atoms with Gasteiger partial charge in [0, 0.05) is 38.2 Å². The van der Waals surface area contributed by atoms with E-state index in [1.165, 1.54) is 0 Å². The van der Waals surface area contributed by atoms with Crippen molar-refractivity contribution in [1.29, 1.82) is 0 Å². The lowest BCUT2D eigenvalue weighted by atomic mass is 10.1. The summed E-state index contributed by atoms with van der Waals surface area (Å²) in [7, 11) is 1.88. The van der Waals surface area contributed by atoms with Crippen molar-refractivity contribution in [3.05, 3.63) is 35.7 Å². The maximum absolute atomic E-state index is 12.3. The minimum absolute atomic E-state index is 0.0184. The van der Waals surface area contributed by atoms with Crippen LogP contribution in [-0.4, -0.2) is 31.3 Å². The molecule has 0 spiro atoms. The zero-order valence-corrected chi connectivity index (χ0v) is 12.7. The summed E-state index contributed by atoms with van der Waals surface area (Å²) in [5.74, 6) is 2.36. The number of fused-ring (bicyclic) bond motifs is 1.